The Morgan fingerprint density at radius 1 is 1.08 bits per heavy atom. The number of hydrogen-bond acceptors (Lipinski definition) is 2. The third-order valence-electron chi connectivity index (χ3n) is 4.61. The van der Waals surface area contributed by atoms with E-state index in [-0.39, 0.29) is 18.9 Å². The summed E-state index contributed by atoms with van der Waals surface area (Å²) in [6, 6.07) is 12.7. The van der Waals surface area contributed by atoms with Gasteiger partial charge in [0, 0.05) is 12.5 Å². The molecule has 0 fully saturated rings. The lowest BCUT2D eigenvalue weighted by Gasteiger charge is -2.28. The van der Waals surface area contributed by atoms with Crippen molar-refractivity contribution >= 4 is 12.1 Å². The number of carbonyl (C=O) groups is 2. The van der Waals surface area contributed by atoms with Crippen molar-refractivity contribution in [1.29, 1.82) is 0 Å². The number of halogens is 1. The Kier molecular flexibility index (Phi) is 4.34. The first-order chi connectivity index (χ1) is 11.5. The van der Waals surface area contributed by atoms with Crippen LogP contribution in [0.5, 0.6) is 0 Å². The normalized spacial score (nSPS) is 13.9. The zero-order chi connectivity index (χ0) is 17.3. The van der Waals surface area contributed by atoms with Gasteiger partial charge in [0.25, 0.3) is 0 Å². The zero-order valence-corrected chi connectivity index (χ0v) is 13.3. The highest BCUT2D eigenvalue weighted by Gasteiger charge is 2.35. The van der Waals surface area contributed by atoms with Crippen LogP contribution in [0.3, 0.4) is 0 Å². The molecular weight excluding hydrogens is 309 g/mol. The molecule has 0 aromatic heterocycles. The van der Waals surface area contributed by atoms with Crippen LogP contribution in [0.1, 0.15) is 30.4 Å². The highest BCUT2D eigenvalue weighted by molar-refractivity contribution is 5.81. The Balaban J connectivity index is 2.02. The van der Waals surface area contributed by atoms with Crippen LogP contribution in [0.4, 0.5) is 9.18 Å². The van der Waals surface area contributed by atoms with Crippen LogP contribution in [0.15, 0.2) is 48.5 Å². The highest BCUT2D eigenvalue weighted by Crippen LogP contribution is 2.45. The molecule has 0 aliphatic heterocycles. The number of fused-ring (bicyclic) bond motifs is 3. The van der Waals surface area contributed by atoms with Crippen LogP contribution in [0.2, 0.25) is 0 Å². The van der Waals surface area contributed by atoms with Gasteiger partial charge < -0.3 is 5.11 Å². The van der Waals surface area contributed by atoms with E-state index < -0.39 is 18.2 Å². The molecule has 2 aromatic carbocycles. The smallest absolute Gasteiger partial charge is 0.408 e. The lowest BCUT2D eigenvalue weighted by molar-refractivity contribution is -0.134. The minimum absolute atomic E-state index is 0.0531. The fourth-order valence-corrected chi connectivity index (χ4v) is 3.50. The van der Waals surface area contributed by atoms with Crippen LogP contribution < -0.4 is 0 Å². The van der Waals surface area contributed by atoms with Gasteiger partial charge >= 0.3 is 12.1 Å². The number of carbonyl (C=O) groups excluding carboxylic acids is 1. The molecule has 1 amide bonds. The van der Waals surface area contributed by atoms with E-state index in [2.05, 4.69) is 0 Å². The average Bonchev–Trinajstić information content (AvgIpc) is 2.89. The SMILES string of the molecule is CC[C@@H](C(=O)F)N(CC1c2ccccc2-c2ccccc21)C(=O)O. The lowest BCUT2D eigenvalue weighted by atomic mass is 9.95. The summed E-state index contributed by atoms with van der Waals surface area (Å²) in [5.74, 6) is -0.207. The summed E-state index contributed by atoms with van der Waals surface area (Å²) in [6.07, 6.45) is -1.17. The first kappa shape index (κ1) is 16.2. The standard InChI is InChI=1S/C19H18FNO3/c1-2-17(18(20)22)21(19(23)24)11-16-14-9-5-3-7-12(14)13-8-4-6-10-15(13)16/h3-10,16-17H,2,11H2,1H3,(H,23,24)/t17-/m0/s1. The second-order valence-electron chi connectivity index (χ2n) is 5.89. The second kappa shape index (κ2) is 6.43. The molecule has 24 heavy (non-hydrogen) atoms. The molecule has 0 unspecified atom stereocenters. The van der Waals surface area contributed by atoms with Crippen molar-refractivity contribution in [2.45, 2.75) is 25.3 Å². The number of nitrogens with zero attached hydrogens (tertiary/aromatic N) is 1. The van der Waals surface area contributed by atoms with E-state index in [4.69, 9.17) is 0 Å². The molecule has 1 atom stereocenters. The molecule has 0 heterocycles. The topological polar surface area (TPSA) is 57.6 Å². The maximum Gasteiger partial charge on any atom is 0.408 e. The van der Waals surface area contributed by atoms with Gasteiger partial charge in [-0.3, -0.25) is 9.69 Å². The van der Waals surface area contributed by atoms with Crippen molar-refractivity contribution < 1.29 is 19.1 Å². The molecule has 5 heteroatoms. The molecule has 0 saturated carbocycles. The molecule has 4 nitrogen and oxygen atoms in total. The predicted molar refractivity (Wildman–Crippen MR) is 88.6 cm³/mol. The monoisotopic (exact) mass is 327 g/mol. The van der Waals surface area contributed by atoms with Crippen molar-refractivity contribution in [2.75, 3.05) is 6.54 Å². The first-order valence-corrected chi connectivity index (χ1v) is 7.91. The Bertz CT molecular complexity index is 744. The Labute approximate surface area is 139 Å². The molecule has 2 aromatic rings. The van der Waals surface area contributed by atoms with Crippen LogP contribution in [0.25, 0.3) is 11.1 Å². The third-order valence-corrected chi connectivity index (χ3v) is 4.61. The minimum Gasteiger partial charge on any atom is -0.465 e. The Hall–Kier alpha value is -2.69. The maximum atomic E-state index is 13.3. The van der Waals surface area contributed by atoms with Crippen molar-refractivity contribution in [3.8, 4) is 11.1 Å². The first-order valence-electron chi connectivity index (χ1n) is 7.91. The molecule has 1 N–H and O–H groups in total. The van der Waals surface area contributed by atoms with Crippen molar-refractivity contribution in [3.63, 3.8) is 0 Å². The summed E-state index contributed by atoms with van der Waals surface area (Å²) >= 11 is 0. The maximum absolute atomic E-state index is 13.3. The number of hydrogen-bond donors (Lipinski definition) is 1. The van der Waals surface area contributed by atoms with E-state index in [0.29, 0.717) is 0 Å². The summed E-state index contributed by atoms with van der Waals surface area (Å²) in [5.41, 5.74) is 4.13. The largest absolute Gasteiger partial charge is 0.465 e. The van der Waals surface area contributed by atoms with Gasteiger partial charge in [0.2, 0.25) is 0 Å². The van der Waals surface area contributed by atoms with Crippen molar-refractivity contribution in [2.24, 2.45) is 0 Å². The quantitative estimate of drug-likeness (QED) is 0.843. The third kappa shape index (κ3) is 2.66. The van der Waals surface area contributed by atoms with E-state index in [1.807, 2.05) is 48.5 Å². The number of benzene rings is 2. The molecule has 0 spiro atoms. The van der Waals surface area contributed by atoms with Gasteiger partial charge in [0.1, 0.15) is 6.04 Å². The fourth-order valence-electron chi connectivity index (χ4n) is 3.50. The molecule has 0 bridgehead atoms. The second-order valence-corrected chi connectivity index (χ2v) is 5.89. The van der Waals surface area contributed by atoms with Gasteiger partial charge in [0.05, 0.1) is 0 Å². The molecule has 3 rings (SSSR count). The fraction of sp³-hybridized carbons (Fsp3) is 0.263. The lowest BCUT2D eigenvalue weighted by Crippen LogP contribution is -2.45. The van der Waals surface area contributed by atoms with Gasteiger partial charge in [-0.25, -0.2) is 4.79 Å². The van der Waals surface area contributed by atoms with E-state index in [1.165, 1.54) is 0 Å². The van der Waals surface area contributed by atoms with Crippen molar-refractivity contribution in [1.82, 2.24) is 4.90 Å². The van der Waals surface area contributed by atoms with Crippen LogP contribution in [-0.2, 0) is 4.79 Å². The van der Waals surface area contributed by atoms with Gasteiger partial charge in [-0.05, 0) is 28.7 Å². The predicted octanol–water partition coefficient (Wildman–Crippen LogP) is 4.05. The van der Waals surface area contributed by atoms with Gasteiger partial charge in [-0.1, -0.05) is 55.5 Å². The molecular formula is C19H18FNO3. The Morgan fingerprint density at radius 3 is 2.00 bits per heavy atom. The summed E-state index contributed by atoms with van der Waals surface area (Å²) < 4.78 is 13.3. The number of carboxylic acid groups (broad SMARTS) is 1. The van der Waals surface area contributed by atoms with E-state index in [0.717, 1.165) is 27.2 Å². The van der Waals surface area contributed by atoms with Gasteiger partial charge in [0.15, 0.2) is 0 Å². The van der Waals surface area contributed by atoms with Crippen LogP contribution in [0, 0.1) is 0 Å². The zero-order valence-electron chi connectivity index (χ0n) is 13.3. The van der Waals surface area contributed by atoms with Gasteiger partial charge in [-0.2, -0.15) is 4.39 Å². The Morgan fingerprint density at radius 2 is 1.58 bits per heavy atom. The average molecular weight is 327 g/mol. The van der Waals surface area contributed by atoms with Gasteiger partial charge in [-0.15, -0.1) is 0 Å². The van der Waals surface area contributed by atoms with E-state index in [9.17, 15) is 19.1 Å². The molecule has 1 aliphatic rings. The molecule has 1 aliphatic carbocycles. The van der Waals surface area contributed by atoms with E-state index in [1.54, 1.807) is 6.92 Å². The number of rotatable bonds is 5. The summed E-state index contributed by atoms with van der Waals surface area (Å²) in [4.78, 5) is 23.8. The molecule has 0 radical (unpaired) electrons. The van der Waals surface area contributed by atoms with Crippen LogP contribution >= 0.6 is 0 Å². The minimum atomic E-state index is -1.61. The molecule has 0 saturated heterocycles. The highest BCUT2D eigenvalue weighted by atomic mass is 19.1. The summed E-state index contributed by atoms with van der Waals surface area (Å²) in [6.45, 7) is 1.66. The van der Waals surface area contributed by atoms with E-state index >= 15 is 0 Å². The molecule has 124 valence electrons. The number of amides is 1. The van der Waals surface area contributed by atoms with Crippen LogP contribution in [-0.4, -0.2) is 34.7 Å². The summed E-state index contributed by atoms with van der Waals surface area (Å²) in [5, 5.41) is 9.49. The van der Waals surface area contributed by atoms with Crippen molar-refractivity contribution in [3.05, 3.63) is 59.7 Å². The summed E-state index contributed by atoms with van der Waals surface area (Å²) in [7, 11) is 0.